The molecule has 1 atom stereocenters. The zero-order valence-electron chi connectivity index (χ0n) is 11.0. The monoisotopic (exact) mass is 270 g/mol. The first-order valence-corrected chi connectivity index (χ1v) is 7.23. The molecular formula is C13H22N2O2S. The van der Waals surface area contributed by atoms with Crippen molar-refractivity contribution >= 4 is 17.2 Å². The lowest BCUT2D eigenvalue weighted by molar-refractivity contribution is -0.135. The second-order valence-corrected chi connectivity index (χ2v) is 5.20. The van der Waals surface area contributed by atoms with E-state index >= 15 is 0 Å². The summed E-state index contributed by atoms with van der Waals surface area (Å²) in [4.78, 5) is 15.0. The molecule has 5 heteroatoms. The van der Waals surface area contributed by atoms with Crippen LogP contribution in [0.2, 0.25) is 0 Å². The Morgan fingerprint density at radius 1 is 1.50 bits per heavy atom. The summed E-state index contributed by atoms with van der Waals surface area (Å²) < 4.78 is 0. The van der Waals surface area contributed by atoms with Gasteiger partial charge in [-0.2, -0.15) is 0 Å². The van der Waals surface area contributed by atoms with Crippen molar-refractivity contribution in [3.63, 3.8) is 0 Å². The van der Waals surface area contributed by atoms with E-state index in [-0.39, 0.29) is 18.6 Å². The van der Waals surface area contributed by atoms with Crippen LogP contribution in [-0.4, -0.2) is 35.1 Å². The molecule has 102 valence electrons. The van der Waals surface area contributed by atoms with Gasteiger partial charge in [-0.25, -0.2) is 0 Å². The Hall–Kier alpha value is -0.910. The van der Waals surface area contributed by atoms with Gasteiger partial charge in [0, 0.05) is 17.5 Å². The largest absolute Gasteiger partial charge is 0.395 e. The van der Waals surface area contributed by atoms with Crippen LogP contribution >= 0.6 is 11.3 Å². The smallest absolute Gasteiger partial charge is 0.245 e. The molecule has 3 N–H and O–H groups in total. The first-order chi connectivity index (χ1) is 8.65. The van der Waals surface area contributed by atoms with Gasteiger partial charge in [0.05, 0.1) is 6.61 Å². The summed E-state index contributed by atoms with van der Waals surface area (Å²) in [5.41, 5.74) is 6.00. The van der Waals surface area contributed by atoms with Gasteiger partial charge in [-0.15, -0.1) is 11.3 Å². The summed E-state index contributed by atoms with van der Waals surface area (Å²) >= 11 is 1.49. The topological polar surface area (TPSA) is 66.6 Å². The third kappa shape index (κ3) is 3.54. The molecular weight excluding hydrogens is 248 g/mol. The minimum Gasteiger partial charge on any atom is -0.395 e. The van der Waals surface area contributed by atoms with Crippen molar-refractivity contribution in [1.29, 1.82) is 0 Å². The zero-order valence-corrected chi connectivity index (χ0v) is 11.8. The number of aliphatic hydroxyl groups excluding tert-OH is 1. The Morgan fingerprint density at radius 2 is 2.17 bits per heavy atom. The Kier molecular flexibility index (Phi) is 6.32. The van der Waals surface area contributed by atoms with Crippen molar-refractivity contribution in [2.45, 2.75) is 38.8 Å². The highest BCUT2D eigenvalue weighted by Gasteiger charge is 2.26. The van der Waals surface area contributed by atoms with Crippen LogP contribution in [0.1, 0.15) is 37.6 Å². The average Bonchev–Trinajstić information content (AvgIpc) is 2.91. The second kappa shape index (κ2) is 7.51. The van der Waals surface area contributed by atoms with Gasteiger partial charge in [0.25, 0.3) is 0 Å². The number of carbonyl (C=O) groups excluding carboxylic acids is 1. The van der Waals surface area contributed by atoms with Crippen LogP contribution in [0.25, 0.3) is 0 Å². The lowest BCUT2D eigenvalue weighted by Gasteiger charge is -2.31. The van der Waals surface area contributed by atoms with Gasteiger partial charge in [0.2, 0.25) is 5.91 Å². The predicted octanol–water partition coefficient (Wildman–Crippen LogP) is 1.76. The van der Waals surface area contributed by atoms with E-state index in [9.17, 15) is 4.79 Å². The zero-order chi connectivity index (χ0) is 13.5. The third-order valence-electron chi connectivity index (χ3n) is 3.12. The molecule has 0 fully saturated rings. The summed E-state index contributed by atoms with van der Waals surface area (Å²) in [6.45, 7) is 4.41. The van der Waals surface area contributed by atoms with Gasteiger partial charge >= 0.3 is 0 Å². The van der Waals surface area contributed by atoms with Crippen LogP contribution in [0.4, 0.5) is 0 Å². The molecule has 0 bridgehead atoms. The van der Waals surface area contributed by atoms with Gasteiger partial charge in [0.1, 0.15) is 6.04 Å². The molecule has 4 nitrogen and oxygen atoms in total. The molecule has 1 rings (SSSR count). The van der Waals surface area contributed by atoms with E-state index in [0.29, 0.717) is 6.54 Å². The molecule has 0 radical (unpaired) electrons. The van der Waals surface area contributed by atoms with E-state index in [2.05, 4.69) is 0 Å². The number of hydrogen-bond acceptors (Lipinski definition) is 4. The number of nitrogens with two attached hydrogens (primary N) is 1. The minimum absolute atomic E-state index is 0.0284. The Balaban J connectivity index is 2.81. The van der Waals surface area contributed by atoms with Crippen molar-refractivity contribution in [3.05, 3.63) is 22.4 Å². The van der Waals surface area contributed by atoms with Crippen molar-refractivity contribution in [3.8, 4) is 0 Å². The van der Waals surface area contributed by atoms with Crippen LogP contribution in [0.5, 0.6) is 0 Å². The van der Waals surface area contributed by atoms with E-state index < -0.39 is 6.04 Å². The lowest BCUT2D eigenvalue weighted by atomic mass is 10.1. The Labute approximate surface area is 112 Å². The van der Waals surface area contributed by atoms with Crippen molar-refractivity contribution in [2.24, 2.45) is 5.73 Å². The van der Waals surface area contributed by atoms with E-state index in [0.717, 1.165) is 17.7 Å². The first kappa shape index (κ1) is 15.1. The molecule has 0 aliphatic carbocycles. The van der Waals surface area contributed by atoms with Crippen LogP contribution in [0.3, 0.4) is 0 Å². The van der Waals surface area contributed by atoms with Crippen molar-refractivity contribution in [1.82, 2.24) is 4.90 Å². The van der Waals surface area contributed by atoms with E-state index in [4.69, 9.17) is 10.8 Å². The molecule has 0 saturated carbocycles. The van der Waals surface area contributed by atoms with Gasteiger partial charge < -0.3 is 15.7 Å². The van der Waals surface area contributed by atoms with E-state index in [1.165, 1.54) is 11.3 Å². The number of nitrogens with zero attached hydrogens (tertiary/aromatic N) is 1. The molecule has 0 aliphatic rings. The predicted molar refractivity (Wildman–Crippen MR) is 74.4 cm³/mol. The fraction of sp³-hybridized carbons (Fsp3) is 0.615. The standard InChI is InChI=1S/C13H22N2O2S/c1-3-10(4-2)15(7-8-16)13(17)12(14)11-6-5-9-18-11/h5-6,9-10,12,16H,3-4,7-8,14H2,1-2H3. The molecule has 1 heterocycles. The summed E-state index contributed by atoms with van der Waals surface area (Å²) in [5.74, 6) is -0.0970. The van der Waals surface area contributed by atoms with E-state index in [1.54, 1.807) is 4.90 Å². The maximum Gasteiger partial charge on any atom is 0.245 e. The number of amides is 1. The molecule has 1 unspecified atom stereocenters. The molecule has 0 aliphatic heterocycles. The van der Waals surface area contributed by atoms with Gasteiger partial charge in [-0.1, -0.05) is 19.9 Å². The summed E-state index contributed by atoms with van der Waals surface area (Å²) in [6.07, 6.45) is 1.75. The van der Waals surface area contributed by atoms with Gasteiger partial charge in [-0.3, -0.25) is 4.79 Å². The SMILES string of the molecule is CCC(CC)N(CCO)C(=O)C(N)c1cccs1. The molecule has 0 spiro atoms. The highest BCUT2D eigenvalue weighted by atomic mass is 32.1. The highest BCUT2D eigenvalue weighted by molar-refractivity contribution is 7.10. The van der Waals surface area contributed by atoms with Crippen LogP contribution in [-0.2, 0) is 4.79 Å². The van der Waals surface area contributed by atoms with Gasteiger partial charge in [0.15, 0.2) is 0 Å². The fourth-order valence-corrected chi connectivity index (χ4v) is 2.80. The maximum atomic E-state index is 12.4. The van der Waals surface area contributed by atoms with E-state index in [1.807, 2.05) is 31.4 Å². The van der Waals surface area contributed by atoms with Crippen LogP contribution in [0.15, 0.2) is 17.5 Å². The number of hydrogen-bond donors (Lipinski definition) is 2. The Morgan fingerprint density at radius 3 is 2.61 bits per heavy atom. The molecule has 18 heavy (non-hydrogen) atoms. The molecule has 0 aromatic carbocycles. The van der Waals surface area contributed by atoms with Crippen LogP contribution in [0, 0.1) is 0 Å². The third-order valence-corrected chi connectivity index (χ3v) is 4.08. The minimum atomic E-state index is -0.614. The molecule has 1 aromatic rings. The maximum absolute atomic E-state index is 12.4. The second-order valence-electron chi connectivity index (χ2n) is 4.22. The number of carbonyl (C=O) groups is 1. The summed E-state index contributed by atoms with van der Waals surface area (Å²) in [6, 6.07) is 3.30. The van der Waals surface area contributed by atoms with Crippen LogP contribution < -0.4 is 5.73 Å². The molecule has 1 aromatic heterocycles. The number of thiophene rings is 1. The lowest BCUT2D eigenvalue weighted by Crippen LogP contribution is -2.45. The number of rotatable bonds is 7. The van der Waals surface area contributed by atoms with Crippen molar-refractivity contribution in [2.75, 3.05) is 13.2 Å². The molecule has 1 amide bonds. The summed E-state index contributed by atoms with van der Waals surface area (Å²) in [5, 5.41) is 11.0. The Bertz CT molecular complexity index is 350. The van der Waals surface area contributed by atoms with Crippen molar-refractivity contribution < 1.29 is 9.90 Å². The highest BCUT2D eigenvalue weighted by Crippen LogP contribution is 2.21. The fourth-order valence-electron chi connectivity index (χ4n) is 2.08. The quantitative estimate of drug-likeness (QED) is 0.793. The normalized spacial score (nSPS) is 12.7. The van der Waals surface area contributed by atoms with Gasteiger partial charge in [-0.05, 0) is 24.3 Å². The summed E-state index contributed by atoms with van der Waals surface area (Å²) in [7, 11) is 0. The first-order valence-electron chi connectivity index (χ1n) is 6.35. The molecule has 0 saturated heterocycles. The average molecular weight is 270 g/mol. The number of aliphatic hydroxyl groups is 1.